The number of rotatable bonds is 0. The van der Waals surface area contributed by atoms with E-state index < -0.39 is 10.4 Å². The minimum Gasteiger partial charge on any atom is -0.759 e. The van der Waals surface area contributed by atoms with Crippen molar-refractivity contribution < 1.29 is 83.2 Å². The summed E-state index contributed by atoms with van der Waals surface area (Å²) in [5, 5.41) is 0. The molecular formula is H28AlNO16S-. The average Bonchev–Trinajstić information content (AvgIpc) is 0.722. The lowest BCUT2D eigenvalue weighted by atomic mass is 14.0. The van der Waals surface area contributed by atoms with Gasteiger partial charge in [-0.3, -0.25) is 8.42 Å². The largest absolute Gasteiger partial charge is 0.759 e. The summed E-state index contributed by atoms with van der Waals surface area (Å²) in [5.74, 6) is 0. The molecule has 0 aromatic rings. The van der Waals surface area contributed by atoms with E-state index in [2.05, 4.69) is 0 Å². The van der Waals surface area contributed by atoms with Gasteiger partial charge in [0.2, 0.25) is 0 Å². The van der Waals surface area contributed by atoms with Crippen LogP contribution in [0, 0.1) is 0 Å². The zero-order valence-electron chi connectivity index (χ0n) is 9.62. The van der Waals surface area contributed by atoms with E-state index in [-0.39, 0.29) is 89.2 Å². The van der Waals surface area contributed by atoms with Gasteiger partial charge in [0.1, 0.15) is 0 Å². The van der Waals surface area contributed by atoms with Crippen LogP contribution in [0.3, 0.4) is 0 Å². The van der Waals surface area contributed by atoms with Crippen molar-refractivity contribution in [2.24, 2.45) is 0 Å². The maximum atomic E-state index is 8.52. The molecule has 0 saturated heterocycles. The van der Waals surface area contributed by atoms with E-state index in [1.54, 1.807) is 0 Å². The SMILES string of the molecule is O.O.O.O.O.O.O.O.O.O.O.O.O=S(=O)([O-])[O-].[Al].[NH4+]. The first kappa shape index (κ1) is 401. The summed E-state index contributed by atoms with van der Waals surface area (Å²) in [5.41, 5.74) is 0. The number of quaternary nitrogens is 1. The van der Waals surface area contributed by atoms with E-state index in [0.717, 1.165) is 0 Å². The third-order valence-electron chi connectivity index (χ3n) is 0. The normalized spacial score (nSPS) is 3.05. The molecule has 17 nitrogen and oxygen atoms in total. The van der Waals surface area contributed by atoms with Crippen molar-refractivity contribution in [1.29, 1.82) is 0 Å². The van der Waals surface area contributed by atoms with Crippen LogP contribution in [0.15, 0.2) is 0 Å². The van der Waals surface area contributed by atoms with Gasteiger partial charge in [-0.15, -0.1) is 0 Å². The molecule has 0 aliphatic heterocycles. The lowest BCUT2D eigenvalue weighted by Gasteiger charge is -2.06. The van der Waals surface area contributed by atoms with Crippen molar-refractivity contribution in [3.8, 4) is 0 Å². The first-order valence-electron chi connectivity index (χ1n) is 0.667. The zero-order chi connectivity index (χ0) is 4.50. The summed E-state index contributed by atoms with van der Waals surface area (Å²) < 4.78 is 34.1. The quantitative estimate of drug-likeness (QED) is 0.250. The lowest BCUT2D eigenvalue weighted by Crippen LogP contribution is -1.91. The minimum absolute atomic E-state index is 0. The molecule has 139 valence electrons. The van der Waals surface area contributed by atoms with Gasteiger partial charge in [-0.25, -0.2) is 0 Å². The molecule has 19 heavy (non-hydrogen) atoms. The molecule has 3 radical (unpaired) electrons. The maximum Gasteiger partial charge on any atom is 0.0311 e. The molecule has 0 aromatic carbocycles. The molecule has 0 saturated carbocycles. The zero-order valence-corrected chi connectivity index (χ0v) is 11.6. The minimum atomic E-state index is -5.17. The van der Waals surface area contributed by atoms with Gasteiger partial charge in [0.05, 0.1) is 0 Å². The first-order valence-corrected chi connectivity index (χ1v) is 2.00. The van der Waals surface area contributed by atoms with Crippen molar-refractivity contribution in [2.45, 2.75) is 0 Å². The Hall–Kier alpha value is -0.118. The van der Waals surface area contributed by atoms with Gasteiger partial charge in [0.15, 0.2) is 0 Å². The Bertz CT molecular complexity index is 99.9. The number of hydrogen-bond acceptors (Lipinski definition) is 4. The van der Waals surface area contributed by atoms with Crippen LogP contribution in [0.2, 0.25) is 0 Å². The summed E-state index contributed by atoms with van der Waals surface area (Å²) in [6, 6.07) is 0. The van der Waals surface area contributed by atoms with Crippen molar-refractivity contribution in [3.63, 3.8) is 0 Å². The van der Waals surface area contributed by atoms with Crippen molar-refractivity contribution in [3.05, 3.63) is 0 Å². The molecule has 0 fully saturated rings. The van der Waals surface area contributed by atoms with Crippen molar-refractivity contribution in [2.75, 3.05) is 0 Å². The van der Waals surface area contributed by atoms with Crippen LogP contribution in [0.4, 0.5) is 0 Å². The number of hydrogen-bond donors (Lipinski definition) is 1. The third kappa shape index (κ3) is 327000. The fraction of sp³-hybridized carbons (Fsp3) is 0. The fourth-order valence-electron chi connectivity index (χ4n) is 0. The van der Waals surface area contributed by atoms with Crippen LogP contribution in [-0.2, 0) is 10.4 Å². The first-order chi connectivity index (χ1) is 2.00. The molecule has 0 rings (SSSR count). The van der Waals surface area contributed by atoms with Crippen LogP contribution < -0.4 is 6.15 Å². The van der Waals surface area contributed by atoms with E-state index in [4.69, 9.17) is 17.5 Å². The van der Waals surface area contributed by atoms with Crippen LogP contribution >= 0.6 is 0 Å². The Morgan fingerprint density at radius 2 is 0.474 bits per heavy atom. The molecule has 0 bridgehead atoms. The summed E-state index contributed by atoms with van der Waals surface area (Å²) >= 11 is 0. The molecule has 0 aliphatic rings. The molecule has 0 unspecified atom stereocenters. The van der Waals surface area contributed by atoms with Gasteiger partial charge in [-0.1, -0.05) is 0 Å². The van der Waals surface area contributed by atoms with Crippen LogP contribution in [0.1, 0.15) is 0 Å². The third-order valence-corrected chi connectivity index (χ3v) is 0. The second kappa shape index (κ2) is 147. The topological polar surface area (TPSA) is 495 Å². The van der Waals surface area contributed by atoms with E-state index in [9.17, 15) is 0 Å². The Morgan fingerprint density at radius 3 is 0.474 bits per heavy atom. The smallest absolute Gasteiger partial charge is 0.0311 e. The summed E-state index contributed by atoms with van der Waals surface area (Å²) in [6.45, 7) is 0. The van der Waals surface area contributed by atoms with E-state index in [1.807, 2.05) is 0 Å². The predicted octanol–water partition coefficient (Wildman–Crippen LogP) is -11.2. The standard InChI is InChI=1S/Al.H3N.H2O4S.12H2O/c;;1-5(2,3)4;;;;;;;;;;;;/h;1H3;(H2,1,2,3,4);12*1H2/p-1. The Labute approximate surface area is 118 Å². The molecule has 0 aromatic heterocycles. The highest BCUT2D eigenvalue weighted by Crippen LogP contribution is 1.57. The molecule has 0 amide bonds. The van der Waals surface area contributed by atoms with Gasteiger partial charge >= 0.3 is 0 Å². The van der Waals surface area contributed by atoms with E-state index >= 15 is 0 Å². The Morgan fingerprint density at radius 1 is 0.474 bits per heavy atom. The molecular weight excluding hydrogens is 329 g/mol. The molecule has 0 atom stereocenters. The average molecular weight is 357 g/mol. The van der Waals surface area contributed by atoms with Gasteiger partial charge in [-0.2, -0.15) is 0 Å². The van der Waals surface area contributed by atoms with E-state index in [0.29, 0.717) is 0 Å². The predicted molar refractivity (Wildman–Crippen MR) is 65.6 cm³/mol. The summed E-state index contributed by atoms with van der Waals surface area (Å²) in [4.78, 5) is 0. The van der Waals surface area contributed by atoms with Crippen LogP contribution in [-0.4, -0.2) is 101 Å². The van der Waals surface area contributed by atoms with Crippen molar-refractivity contribution >= 4 is 27.8 Å². The van der Waals surface area contributed by atoms with Gasteiger partial charge < -0.3 is 81.0 Å². The second-order valence-electron chi connectivity index (χ2n) is 0.408. The van der Waals surface area contributed by atoms with Crippen LogP contribution in [0.25, 0.3) is 0 Å². The van der Waals surface area contributed by atoms with Gasteiger partial charge in [0, 0.05) is 27.8 Å². The molecule has 0 aliphatic carbocycles. The summed E-state index contributed by atoms with van der Waals surface area (Å²) in [6.07, 6.45) is 0. The fourth-order valence-corrected chi connectivity index (χ4v) is 0. The second-order valence-corrected chi connectivity index (χ2v) is 1.22. The van der Waals surface area contributed by atoms with E-state index in [1.165, 1.54) is 0 Å². The Kier molecular flexibility index (Phi) is 3110. The Balaban J connectivity index is -0.000000000879. The molecule has 0 spiro atoms. The van der Waals surface area contributed by atoms with Gasteiger partial charge in [-0.05, 0) is 0 Å². The van der Waals surface area contributed by atoms with Crippen LogP contribution in [0.5, 0.6) is 0 Å². The monoisotopic (exact) mass is 357 g/mol. The maximum absolute atomic E-state index is 8.52. The molecule has 28 N–H and O–H groups in total. The van der Waals surface area contributed by atoms with Gasteiger partial charge in [0.25, 0.3) is 0 Å². The van der Waals surface area contributed by atoms with Crippen molar-refractivity contribution in [1.82, 2.24) is 6.15 Å². The molecule has 19 heteroatoms. The highest BCUT2D eigenvalue weighted by atomic mass is 32.3. The highest BCUT2D eigenvalue weighted by Gasteiger charge is 1.49. The lowest BCUT2D eigenvalue weighted by molar-refractivity contribution is 0.352. The summed E-state index contributed by atoms with van der Waals surface area (Å²) in [7, 11) is -5.17. The highest BCUT2D eigenvalue weighted by molar-refractivity contribution is 7.79. The molecule has 0 heterocycles.